The molecule has 0 saturated carbocycles. The molecule has 0 spiro atoms. The van der Waals surface area contributed by atoms with Crippen LogP contribution in [0.15, 0.2) is 23.2 Å². The van der Waals surface area contributed by atoms with E-state index in [4.69, 9.17) is 10.8 Å². The molecule has 1 aromatic carbocycles. The van der Waals surface area contributed by atoms with Gasteiger partial charge in [-0.15, -0.1) is 0 Å². The Bertz CT molecular complexity index is 362. The third-order valence-corrected chi connectivity index (χ3v) is 1.70. The number of nitrogens with one attached hydrogen (secondary N) is 1. The van der Waals surface area contributed by atoms with E-state index in [-0.39, 0.29) is 0 Å². The van der Waals surface area contributed by atoms with Crippen LogP contribution in [-0.2, 0) is 0 Å². The molecule has 0 amide bonds. The predicted octanol–water partition coefficient (Wildman–Crippen LogP) is -0.158. The number of hydroxylamine groups is 1. The highest BCUT2D eigenvalue weighted by molar-refractivity contribution is 5.81. The number of aliphatic imine (C=N–C) groups is 1. The van der Waals surface area contributed by atoms with Crippen molar-refractivity contribution >= 4 is 23.1 Å². The van der Waals surface area contributed by atoms with Crippen molar-refractivity contribution in [1.82, 2.24) is 0 Å². The largest absolute Gasteiger partial charge is 0.620 e. The summed E-state index contributed by atoms with van der Waals surface area (Å²) >= 11 is 0. The van der Waals surface area contributed by atoms with Crippen molar-refractivity contribution < 1.29 is 10.2 Å². The molecule has 0 fully saturated rings. The van der Waals surface area contributed by atoms with E-state index < -0.39 is 11.1 Å². The average Bonchev–Trinajstić information content (AvgIpc) is 2.28. The molecule has 0 radical (unpaired) electrons. The fourth-order valence-corrected chi connectivity index (χ4v) is 1.12. The van der Waals surface area contributed by atoms with E-state index in [1.165, 1.54) is 0 Å². The minimum Gasteiger partial charge on any atom is -0.620 e. The zero-order chi connectivity index (χ0) is 8.72. The monoisotopic (exact) mass is 165 g/mol. The SMILES string of the molecule is Nc1ccc2c(c1)N=C(O)[NH+]2[O-]. The van der Waals surface area contributed by atoms with Gasteiger partial charge in [0.2, 0.25) is 0 Å². The van der Waals surface area contributed by atoms with E-state index >= 15 is 0 Å². The van der Waals surface area contributed by atoms with Crippen LogP contribution in [0.3, 0.4) is 0 Å². The number of hydrogen-bond acceptors (Lipinski definition) is 3. The molecule has 2 rings (SSSR count). The van der Waals surface area contributed by atoms with Gasteiger partial charge in [0.25, 0.3) is 0 Å². The zero-order valence-corrected chi connectivity index (χ0v) is 6.11. The summed E-state index contributed by atoms with van der Waals surface area (Å²) in [5, 5.41) is 19.6. The van der Waals surface area contributed by atoms with Crippen molar-refractivity contribution in [2.75, 3.05) is 5.73 Å². The Kier molecular flexibility index (Phi) is 1.30. The number of nitrogens with zero attached hydrogens (tertiary/aromatic N) is 1. The predicted molar refractivity (Wildman–Crippen MR) is 44.6 cm³/mol. The molecule has 4 N–H and O–H groups in total. The molecular formula is C7H7N3O2. The molecule has 1 atom stereocenters. The van der Waals surface area contributed by atoms with Gasteiger partial charge >= 0.3 is 6.02 Å². The first-order valence-electron chi connectivity index (χ1n) is 3.40. The van der Waals surface area contributed by atoms with Gasteiger partial charge in [-0.1, -0.05) is 0 Å². The Hall–Kier alpha value is -1.59. The number of nitrogen functional groups attached to an aromatic ring is 1. The van der Waals surface area contributed by atoms with E-state index in [2.05, 4.69) is 4.99 Å². The standard InChI is InChI=1S/C7H7N3O2/c8-4-1-2-6-5(3-4)9-7(11)10(6)12/h1-3,10H,8H2,(H,9,11). The second-order valence-corrected chi connectivity index (χ2v) is 2.54. The number of hydrogen-bond donors (Lipinski definition) is 3. The fraction of sp³-hybridized carbons (Fsp3) is 0. The zero-order valence-electron chi connectivity index (χ0n) is 6.11. The molecule has 62 valence electrons. The van der Waals surface area contributed by atoms with Crippen molar-refractivity contribution in [2.45, 2.75) is 0 Å². The van der Waals surface area contributed by atoms with E-state index in [1.807, 2.05) is 0 Å². The van der Waals surface area contributed by atoms with Crippen LogP contribution in [0.25, 0.3) is 0 Å². The maximum absolute atomic E-state index is 11.1. The van der Waals surface area contributed by atoms with Gasteiger partial charge in [-0.3, -0.25) is 5.06 Å². The molecule has 12 heavy (non-hydrogen) atoms. The van der Waals surface area contributed by atoms with Crippen LogP contribution < -0.4 is 10.8 Å². The summed E-state index contributed by atoms with van der Waals surface area (Å²) in [6.45, 7) is 0. The smallest absolute Gasteiger partial charge is 0.400 e. The average molecular weight is 165 g/mol. The molecule has 5 nitrogen and oxygen atoms in total. The molecule has 0 bridgehead atoms. The molecule has 0 saturated heterocycles. The van der Waals surface area contributed by atoms with Gasteiger partial charge in [0.05, 0.1) is 0 Å². The van der Waals surface area contributed by atoms with E-state index in [1.54, 1.807) is 18.2 Å². The lowest BCUT2D eigenvalue weighted by molar-refractivity contribution is -0.676. The highest BCUT2D eigenvalue weighted by Crippen LogP contribution is 2.26. The molecule has 1 heterocycles. The lowest BCUT2D eigenvalue weighted by atomic mass is 10.2. The van der Waals surface area contributed by atoms with Crippen molar-refractivity contribution in [3.05, 3.63) is 23.4 Å². The van der Waals surface area contributed by atoms with Crippen molar-refractivity contribution in [3.63, 3.8) is 0 Å². The Balaban J connectivity index is 2.57. The van der Waals surface area contributed by atoms with Crippen LogP contribution in [0.1, 0.15) is 0 Å². The maximum Gasteiger partial charge on any atom is 0.400 e. The lowest BCUT2D eigenvalue weighted by Gasteiger charge is -2.12. The minimum absolute atomic E-state index is 0.404. The molecule has 0 aliphatic carbocycles. The summed E-state index contributed by atoms with van der Waals surface area (Å²) in [7, 11) is 0. The number of benzene rings is 1. The molecule has 1 aromatic rings. The number of aliphatic hydroxyl groups is 1. The number of rotatable bonds is 0. The van der Waals surface area contributed by atoms with Crippen LogP contribution >= 0.6 is 0 Å². The van der Waals surface area contributed by atoms with E-state index in [9.17, 15) is 5.21 Å². The van der Waals surface area contributed by atoms with Crippen molar-refractivity contribution in [3.8, 4) is 0 Å². The van der Waals surface area contributed by atoms with Crippen molar-refractivity contribution in [1.29, 1.82) is 0 Å². The van der Waals surface area contributed by atoms with Crippen LogP contribution in [0.2, 0.25) is 0 Å². The highest BCUT2D eigenvalue weighted by atomic mass is 16.5. The van der Waals surface area contributed by atoms with Gasteiger partial charge in [0, 0.05) is 11.8 Å². The van der Waals surface area contributed by atoms with Gasteiger partial charge in [-0.2, -0.15) is 4.99 Å². The summed E-state index contributed by atoms with van der Waals surface area (Å²) < 4.78 is 0. The Morgan fingerprint density at radius 1 is 1.50 bits per heavy atom. The maximum atomic E-state index is 11.1. The molecule has 0 aromatic heterocycles. The number of amidine groups is 1. The molecule has 1 unspecified atom stereocenters. The summed E-state index contributed by atoms with van der Waals surface area (Å²) in [4.78, 5) is 3.64. The lowest BCUT2D eigenvalue weighted by Crippen LogP contribution is -3.04. The number of fused-ring (bicyclic) bond motifs is 1. The molecule has 1 aliphatic rings. The first kappa shape index (κ1) is 7.08. The van der Waals surface area contributed by atoms with Crippen molar-refractivity contribution in [2.24, 2.45) is 4.99 Å². The second kappa shape index (κ2) is 2.20. The third-order valence-electron chi connectivity index (χ3n) is 1.70. The summed E-state index contributed by atoms with van der Waals surface area (Å²) in [6, 6.07) is 4.25. The van der Waals surface area contributed by atoms with Gasteiger partial charge in [0.15, 0.2) is 5.69 Å². The Labute approximate surface area is 68.3 Å². The van der Waals surface area contributed by atoms with Gasteiger partial charge in [0.1, 0.15) is 5.69 Å². The first-order valence-corrected chi connectivity index (χ1v) is 3.40. The normalized spacial score (nSPS) is 20.4. The Morgan fingerprint density at radius 2 is 2.25 bits per heavy atom. The fourth-order valence-electron chi connectivity index (χ4n) is 1.12. The van der Waals surface area contributed by atoms with Gasteiger partial charge < -0.3 is 16.0 Å². The van der Waals surface area contributed by atoms with E-state index in [0.717, 1.165) is 0 Å². The topological polar surface area (TPSA) is 86.1 Å². The summed E-state index contributed by atoms with van der Waals surface area (Å²) in [6.07, 6.45) is 0. The molecule has 5 heteroatoms. The van der Waals surface area contributed by atoms with Gasteiger partial charge in [-0.25, -0.2) is 0 Å². The van der Waals surface area contributed by atoms with Gasteiger partial charge in [-0.05, 0) is 12.1 Å². The number of anilines is 1. The molecule has 1 aliphatic heterocycles. The minimum atomic E-state index is -0.462. The summed E-state index contributed by atoms with van der Waals surface area (Å²) in [5.41, 5.74) is 6.83. The van der Waals surface area contributed by atoms with Crippen LogP contribution in [-0.4, -0.2) is 11.1 Å². The highest BCUT2D eigenvalue weighted by Gasteiger charge is 2.22. The molecular weight excluding hydrogens is 158 g/mol. The van der Waals surface area contributed by atoms with Crippen LogP contribution in [0.5, 0.6) is 0 Å². The van der Waals surface area contributed by atoms with Crippen LogP contribution in [0.4, 0.5) is 17.1 Å². The first-order chi connectivity index (χ1) is 5.68. The number of quaternary nitrogens is 1. The summed E-state index contributed by atoms with van der Waals surface area (Å²) in [5.74, 6) is 0. The third kappa shape index (κ3) is 0.843. The number of aliphatic hydroxyl groups excluding tert-OH is 1. The quantitative estimate of drug-likeness (QED) is 0.369. The van der Waals surface area contributed by atoms with Crippen LogP contribution in [0, 0.1) is 5.21 Å². The second-order valence-electron chi connectivity index (χ2n) is 2.54. The Morgan fingerprint density at radius 3 is 3.00 bits per heavy atom. The number of nitrogens with two attached hydrogens (primary N) is 1. The van der Waals surface area contributed by atoms with E-state index in [0.29, 0.717) is 17.1 Å².